The number of allylic oxidation sites excluding steroid dienone is 1. The van der Waals surface area contributed by atoms with E-state index >= 15 is 0 Å². The smallest absolute Gasteiger partial charge is 0.285 e. The molecule has 98 valence electrons. The zero-order chi connectivity index (χ0) is 13.7. The molecule has 18 heavy (non-hydrogen) atoms. The fraction of sp³-hybridized carbons (Fsp3) is 0.364. The lowest BCUT2D eigenvalue weighted by molar-refractivity contribution is -0.429. The second-order valence-electron chi connectivity index (χ2n) is 3.79. The molecule has 0 saturated carbocycles. The third kappa shape index (κ3) is 3.59. The fourth-order valence-electron chi connectivity index (χ4n) is 1.48. The highest BCUT2D eigenvalue weighted by Gasteiger charge is 2.17. The van der Waals surface area contributed by atoms with E-state index in [2.05, 4.69) is 4.98 Å². The summed E-state index contributed by atoms with van der Waals surface area (Å²) in [4.78, 5) is 15.9. The van der Waals surface area contributed by atoms with E-state index in [4.69, 9.17) is 17.3 Å². The first kappa shape index (κ1) is 14.2. The van der Waals surface area contributed by atoms with Gasteiger partial charge in [0.1, 0.15) is 5.15 Å². The molecule has 0 aliphatic heterocycles. The van der Waals surface area contributed by atoms with Crippen LogP contribution >= 0.6 is 11.6 Å². The summed E-state index contributed by atoms with van der Waals surface area (Å²) in [6.45, 7) is 2.13. The van der Waals surface area contributed by atoms with Gasteiger partial charge in [-0.25, -0.2) is 4.98 Å². The van der Waals surface area contributed by atoms with Gasteiger partial charge < -0.3 is 10.6 Å². The first-order valence-corrected chi connectivity index (χ1v) is 5.78. The van der Waals surface area contributed by atoms with Crippen molar-refractivity contribution >= 4 is 11.6 Å². The lowest BCUT2D eigenvalue weighted by Crippen LogP contribution is -2.26. The van der Waals surface area contributed by atoms with Gasteiger partial charge in [-0.15, -0.1) is 0 Å². The molecule has 1 rings (SSSR count). The largest absolute Gasteiger partial charge is 0.380 e. The Morgan fingerprint density at radius 1 is 1.61 bits per heavy atom. The van der Waals surface area contributed by atoms with E-state index in [-0.39, 0.29) is 17.9 Å². The zero-order valence-corrected chi connectivity index (χ0v) is 11.0. The third-order valence-corrected chi connectivity index (χ3v) is 2.69. The van der Waals surface area contributed by atoms with Gasteiger partial charge in [-0.3, -0.25) is 10.1 Å². The third-order valence-electron chi connectivity index (χ3n) is 2.47. The maximum atomic E-state index is 10.8. The first-order chi connectivity index (χ1) is 8.45. The van der Waals surface area contributed by atoms with Gasteiger partial charge in [0.15, 0.2) is 5.82 Å². The Kier molecular flexibility index (Phi) is 4.91. The molecule has 2 N–H and O–H groups in total. The second kappa shape index (κ2) is 6.20. The standard InChI is InChI=1S/C11H15ClN4O2/c1-3-9(16(17)18)11(13)15(2)7-8-4-5-10(12)14-6-8/h4-6H,3,7,13H2,1-2H3/b11-9+. The van der Waals surface area contributed by atoms with Gasteiger partial charge in [-0.2, -0.15) is 0 Å². The van der Waals surface area contributed by atoms with Gasteiger partial charge >= 0.3 is 0 Å². The predicted octanol–water partition coefficient (Wildman–Crippen LogP) is 1.98. The van der Waals surface area contributed by atoms with Crippen LogP contribution in [-0.4, -0.2) is 21.9 Å². The molecule has 0 unspecified atom stereocenters. The van der Waals surface area contributed by atoms with Crippen LogP contribution in [0.4, 0.5) is 0 Å². The van der Waals surface area contributed by atoms with Crippen LogP contribution in [-0.2, 0) is 6.54 Å². The van der Waals surface area contributed by atoms with Crippen molar-refractivity contribution in [3.05, 3.63) is 50.7 Å². The Morgan fingerprint density at radius 2 is 2.28 bits per heavy atom. The van der Waals surface area contributed by atoms with E-state index in [1.807, 2.05) is 0 Å². The zero-order valence-electron chi connectivity index (χ0n) is 10.3. The highest BCUT2D eigenvalue weighted by atomic mass is 35.5. The molecule has 0 aromatic carbocycles. The van der Waals surface area contributed by atoms with Gasteiger partial charge in [0, 0.05) is 26.2 Å². The monoisotopic (exact) mass is 270 g/mol. The number of nitrogens with zero attached hydrogens (tertiary/aromatic N) is 3. The topological polar surface area (TPSA) is 85.3 Å². The highest BCUT2D eigenvalue weighted by Crippen LogP contribution is 2.12. The molecule has 1 aromatic rings. The van der Waals surface area contributed by atoms with E-state index in [1.54, 1.807) is 37.2 Å². The van der Waals surface area contributed by atoms with Crippen molar-refractivity contribution in [2.24, 2.45) is 5.73 Å². The Hall–Kier alpha value is -1.82. The average molecular weight is 271 g/mol. The molecule has 0 radical (unpaired) electrons. The van der Waals surface area contributed by atoms with Gasteiger partial charge in [-0.1, -0.05) is 24.6 Å². The maximum Gasteiger partial charge on any atom is 0.285 e. The molecule has 0 aliphatic carbocycles. The molecule has 1 aromatic heterocycles. The Bertz CT molecular complexity index is 459. The summed E-state index contributed by atoms with van der Waals surface area (Å²) in [5, 5.41) is 11.2. The molecule has 6 nitrogen and oxygen atoms in total. The molecule has 1 heterocycles. The normalized spacial score (nSPS) is 11.9. The number of aromatic nitrogens is 1. The molecular formula is C11H15ClN4O2. The van der Waals surface area contributed by atoms with Crippen molar-refractivity contribution in [2.75, 3.05) is 7.05 Å². The van der Waals surface area contributed by atoms with Crippen LogP contribution in [0.2, 0.25) is 5.15 Å². The van der Waals surface area contributed by atoms with Crippen LogP contribution in [0, 0.1) is 10.1 Å². The quantitative estimate of drug-likeness (QED) is 0.502. The Morgan fingerprint density at radius 3 is 2.72 bits per heavy atom. The fourth-order valence-corrected chi connectivity index (χ4v) is 1.59. The minimum Gasteiger partial charge on any atom is -0.380 e. The summed E-state index contributed by atoms with van der Waals surface area (Å²) in [5.74, 6) is 0.164. The van der Waals surface area contributed by atoms with Crippen LogP contribution < -0.4 is 5.73 Å². The van der Waals surface area contributed by atoms with Crippen molar-refractivity contribution in [3.8, 4) is 0 Å². The van der Waals surface area contributed by atoms with E-state index in [1.165, 1.54) is 0 Å². The molecule has 0 bridgehead atoms. The van der Waals surface area contributed by atoms with Gasteiger partial charge in [-0.05, 0) is 11.6 Å². The number of nitrogens with two attached hydrogens (primary N) is 1. The predicted molar refractivity (Wildman–Crippen MR) is 69.2 cm³/mol. The number of halogens is 1. The van der Waals surface area contributed by atoms with Crippen molar-refractivity contribution in [3.63, 3.8) is 0 Å². The van der Waals surface area contributed by atoms with E-state index < -0.39 is 4.92 Å². The van der Waals surface area contributed by atoms with Crippen LogP contribution in [0.25, 0.3) is 0 Å². The van der Waals surface area contributed by atoms with Crippen molar-refractivity contribution in [2.45, 2.75) is 19.9 Å². The number of pyridine rings is 1. The number of hydrogen-bond donors (Lipinski definition) is 1. The van der Waals surface area contributed by atoms with E-state index in [9.17, 15) is 10.1 Å². The molecular weight excluding hydrogens is 256 g/mol. The Balaban J connectivity index is 2.84. The summed E-state index contributed by atoms with van der Waals surface area (Å²) in [7, 11) is 1.70. The summed E-state index contributed by atoms with van der Waals surface area (Å²) >= 11 is 5.68. The summed E-state index contributed by atoms with van der Waals surface area (Å²) in [6.07, 6.45) is 1.89. The second-order valence-corrected chi connectivity index (χ2v) is 4.18. The highest BCUT2D eigenvalue weighted by molar-refractivity contribution is 6.29. The van der Waals surface area contributed by atoms with Crippen LogP contribution in [0.1, 0.15) is 18.9 Å². The van der Waals surface area contributed by atoms with E-state index in [0.717, 1.165) is 5.56 Å². The summed E-state index contributed by atoms with van der Waals surface area (Å²) in [5.41, 5.74) is 6.66. The number of nitro groups is 1. The van der Waals surface area contributed by atoms with Crippen LogP contribution in [0.15, 0.2) is 29.8 Å². The number of hydrogen-bond acceptors (Lipinski definition) is 5. The van der Waals surface area contributed by atoms with Crippen LogP contribution in [0.3, 0.4) is 0 Å². The van der Waals surface area contributed by atoms with Gasteiger partial charge in [0.25, 0.3) is 5.70 Å². The van der Waals surface area contributed by atoms with Crippen molar-refractivity contribution in [1.82, 2.24) is 9.88 Å². The maximum absolute atomic E-state index is 10.8. The molecule has 0 fully saturated rings. The summed E-state index contributed by atoms with van der Waals surface area (Å²) in [6, 6.07) is 3.47. The SMILES string of the molecule is CC/C(=C(/N)N(C)Cc1ccc(Cl)nc1)[N+](=O)[O-]. The Labute approximate surface area is 110 Å². The molecule has 0 spiro atoms. The molecule has 0 aliphatic rings. The first-order valence-electron chi connectivity index (χ1n) is 5.40. The molecule has 0 atom stereocenters. The number of rotatable bonds is 5. The minimum absolute atomic E-state index is 0.0134. The average Bonchev–Trinajstić information content (AvgIpc) is 2.32. The summed E-state index contributed by atoms with van der Waals surface area (Å²) < 4.78 is 0. The molecule has 0 amide bonds. The van der Waals surface area contributed by atoms with Crippen LogP contribution in [0.5, 0.6) is 0 Å². The van der Waals surface area contributed by atoms with Gasteiger partial charge in [0.05, 0.1) is 4.92 Å². The van der Waals surface area contributed by atoms with E-state index in [0.29, 0.717) is 11.7 Å². The van der Waals surface area contributed by atoms with Gasteiger partial charge in [0.2, 0.25) is 0 Å². The van der Waals surface area contributed by atoms with Crippen molar-refractivity contribution in [1.29, 1.82) is 0 Å². The molecule has 7 heteroatoms. The van der Waals surface area contributed by atoms with Crippen molar-refractivity contribution < 1.29 is 4.92 Å². The lowest BCUT2D eigenvalue weighted by Gasteiger charge is -2.19. The molecule has 0 saturated heterocycles. The minimum atomic E-state index is -0.452. The lowest BCUT2D eigenvalue weighted by atomic mass is 10.2.